The number of ether oxygens (including phenoxy) is 2. The fourth-order valence-corrected chi connectivity index (χ4v) is 11.9. The maximum Gasteiger partial charge on any atom is 0.312 e. The molecule has 0 aliphatic heterocycles. The van der Waals surface area contributed by atoms with Crippen molar-refractivity contribution in [1.29, 1.82) is 0 Å². The summed E-state index contributed by atoms with van der Waals surface area (Å²) in [5.41, 5.74) is -0.718. The van der Waals surface area contributed by atoms with Crippen molar-refractivity contribution in [2.45, 2.75) is 119 Å². The molecule has 0 aromatic heterocycles. The summed E-state index contributed by atoms with van der Waals surface area (Å²) in [5.74, 6) is 1.64. The van der Waals surface area contributed by atoms with Gasteiger partial charge in [0.05, 0.1) is 12.5 Å². The minimum atomic E-state index is -0.519. The predicted molar refractivity (Wildman–Crippen MR) is 147 cm³/mol. The van der Waals surface area contributed by atoms with E-state index in [4.69, 9.17) is 9.47 Å². The molecule has 0 unspecified atom stereocenters. The summed E-state index contributed by atoms with van der Waals surface area (Å²) < 4.78 is 11.3. The zero-order chi connectivity index (χ0) is 28.1. The van der Waals surface area contributed by atoms with Crippen LogP contribution in [0.15, 0.2) is 0 Å². The molecule has 5 nitrogen and oxygen atoms in total. The molecular formula is C33H52O5. The third-order valence-electron chi connectivity index (χ3n) is 14.2. The van der Waals surface area contributed by atoms with Gasteiger partial charge in [0.2, 0.25) is 0 Å². The van der Waals surface area contributed by atoms with Gasteiger partial charge in [-0.3, -0.25) is 14.4 Å². The Bertz CT molecular complexity index is 1020. The van der Waals surface area contributed by atoms with Gasteiger partial charge in [0.25, 0.3) is 0 Å². The lowest BCUT2D eigenvalue weighted by atomic mass is 9.31. The van der Waals surface area contributed by atoms with Crippen molar-refractivity contribution >= 4 is 17.7 Å². The van der Waals surface area contributed by atoms with Crippen LogP contribution in [-0.4, -0.2) is 30.9 Å². The summed E-state index contributed by atoms with van der Waals surface area (Å²) in [4.78, 5) is 40.0. The third kappa shape index (κ3) is 3.44. The minimum Gasteiger partial charge on any atom is -0.469 e. The van der Waals surface area contributed by atoms with E-state index in [0.29, 0.717) is 35.9 Å². The standard InChI is InChI=1S/C33H52O5/c1-19-10-15-33(28(36)37-9)17-16-32(8)27(26(33)20(19)2)22(35)18-24-30(6)13-12-25(38-21(3)34)29(4,5)23(30)11-14-31(24,32)7/h19-20,23-27H,10-18H2,1-9H3/t19-,20-,23-,24+,25-,26+,27-,30+,31-,32+,33-/m0/s1. The number of fused-ring (bicyclic) bond motifs is 7. The van der Waals surface area contributed by atoms with E-state index in [9.17, 15) is 14.4 Å². The first-order valence-corrected chi connectivity index (χ1v) is 15.4. The van der Waals surface area contributed by atoms with Crippen molar-refractivity contribution in [2.24, 2.45) is 62.6 Å². The van der Waals surface area contributed by atoms with Gasteiger partial charge in [-0.1, -0.05) is 48.5 Å². The third-order valence-corrected chi connectivity index (χ3v) is 14.2. The van der Waals surface area contributed by atoms with Crippen LogP contribution in [0.1, 0.15) is 113 Å². The second kappa shape index (κ2) is 8.80. The molecular weight excluding hydrogens is 476 g/mol. The molecule has 0 spiro atoms. The van der Waals surface area contributed by atoms with E-state index in [1.54, 1.807) is 0 Å². The zero-order valence-corrected chi connectivity index (χ0v) is 25.4. The number of ketones is 1. The lowest BCUT2D eigenvalue weighted by Gasteiger charge is -2.73. The van der Waals surface area contributed by atoms with E-state index < -0.39 is 5.41 Å². The molecule has 0 amide bonds. The van der Waals surface area contributed by atoms with Crippen molar-refractivity contribution in [1.82, 2.24) is 0 Å². The number of methoxy groups -OCH3 is 1. The van der Waals surface area contributed by atoms with Gasteiger partial charge in [-0.2, -0.15) is 0 Å². The van der Waals surface area contributed by atoms with Crippen molar-refractivity contribution in [3.05, 3.63) is 0 Å². The van der Waals surface area contributed by atoms with Crippen molar-refractivity contribution in [3.8, 4) is 0 Å². The molecule has 0 aromatic rings. The maximum absolute atomic E-state index is 14.6. The van der Waals surface area contributed by atoms with Gasteiger partial charge in [-0.25, -0.2) is 0 Å². The van der Waals surface area contributed by atoms with E-state index in [1.165, 1.54) is 14.0 Å². The number of carbonyl (C=O) groups is 3. The van der Waals surface area contributed by atoms with Crippen LogP contribution in [0.4, 0.5) is 0 Å². The first-order chi connectivity index (χ1) is 17.6. The zero-order valence-electron chi connectivity index (χ0n) is 25.4. The van der Waals surface area contributed by atoms with E-state index in [-0.39, 0.29) is 51.5 Å². The average molecular weight is 529 g/mol. The molecule has 0 heterocycles. The minimum absolute atomic E-state index is 0.0269. The Morgan fingerprint density at radius 2 is 1.53 bits per heavy atom. The Labute approximate surface area is 230 Å². The smallest absolute Gasteiger partial charge is 0.312 e. The van der Waals surface area contributed by atoms with Gasteiger partial charge in [0.15, 0.2) is 0 Å². The number of Topliss-reactive ketones (excluding diaryl/α,β-unsaturated/α-hetero) is 1. The lowest BCUT2D eigenvalue weighted by Crippen LogP contribution is -2.70. The van der Waals surface area contributed by atoms with Gasteiger partial charge in [-0.05, 0) is 97.2 Å². The Morgan fingerprint density at radius 1 is 0.842 bits per heavy atom. The summed E-state index contributed by atoms with van der Waals surface area (Å²) >= 11 is 0. The molecule has 214 valence electrons. The van der Waals surface area contributed by atoms with E-state index in [0.717, 1.165) is 51.4 Å². The Balaban J connectivity index is 1.56. The molecule has 0 bridgehead atoms. The number of esters is 2. The van der Waals surface area contributed by atoms with Gasteiger partial charge in [-0.15, -0.1) is 0 Å². The molecule has 0 radical (unpaired) electrons. The van der Waals surface area contributed by atoms with E-state index >= 15 is 0 Å². The van der Waals surface area contributed by atoms with Gasteiger partial charge < -0.3 is 9.47 Å². The Kier molecular flexibility index (Phi) is 6.52. The molecule has 0 N–H and O–H groups in total. The topological polar surface area (TPSA) is 69.7 Å². The quantitative estimate of drug-likeness (QED) is 0.361. The second-order valence-corrected chi connectivity index (χ2v) is 15.6. The molecule has 5 saturated carbocycles. The largest absolute Gasteiger partial charge is 0.469 e. The molecule has 5 aliphatic carbocycles. The molecule has 5 fully saturated rings. The van der Waals surface area contributed by atoms with Crippen LogP contribution in [-0.2, 0) is 23.9 Å². The maximum atomic E-state index is 14.6. The second-order valence-electron chi connectivity index (χ2n) is 15.6. The summed E-state index contributed by atoms with van der Waals surface area (Å²) in [6, 6.07) is 0. The normalized spacial score (nSPS) is 51.5. The van der Waals surface area contributed by atoms with Crippen LogP contribution in [0.3, 0.4) is 0 Å². The van der Waals surface area contributed by atoms with E-state index in [1.807, 2.05) is 0 Å². The van der Waals surface area contributed by atoms with Crippen molar-refractivity contribution in [2.75, 3.05) is 7.11 Å². The number of hydrogen-bond acceptors (Lipinski definition) is 5. The highest BCUT2D eigenvalue weighted by Crippen LogP contribution is 2.76. The van der Waals surface area contributed by atoms with Gasteiger partial charge in [0.1, 0.15) is 11.9 Å². The highest BCUT2D eigenvalue weighted by Gasteiger charge is 2.73. The van der Waals surface area contributed by atoms with Crippen LogP contribution < -0.4 is 0 Å². The predicted octanol–water partition coefficient (Wildman–Crippen LogP) is 7.01. The average Bonchev–Trinajstić information content (AvgIpc) is 2.84. The van der Waals surface area contributed by atoms with Gasteiger partial charge in [0, 0.05) is 24.7 Å². The number of rotatable bonds is 2. The highest BCUT2D eigenvalue weighted by molar-refractivity contribution is 5.87. The summed E-state index contributed by atoms with van der Waals surface area (Å²) in [7, 11) is 1.53. The summed E-state index contributed by atoms with van der Waals surface area (Å²) in [5, 5.41) is 0. The van der Waals surface area contributed by atoms with Crippen LogP contribution in [0.2, 0.25) is 0 Å². The van der Waals surface area contributed by atoms with Crippen LogP contribution in [0.5, 0.6) is 0 Å². The molecule has 11 atom stereocenters. The van der Waals surface area contributed by atoms with Crippen LogP contribution in [0.25, 0.3) is 0 Å². The fraction of sp³-hybridized carbons (Fsp3) is 0.909. The molecule has 0 aromatic carbocycles. The molecule has 38 heavy (non-hydrogen) atoms. The van der Waals surface area contributed by atoms with Crippen LogP contribution >= 0.6 is 0 Å². The summed E-state index contributed by atoms with van der Waals surface area (Å²) in [6.45, 7) is 18.1. The summed E-state index contributed by atoms with van der Waals surface area (Å²) in [6.07, 6.45) is 8.24. The number of carbonyl (C=O) groups excluding carboxylic acids is 3. The Hall–Kier alpha value is -1.39. The molecule has 5 rings (SSSR count). The van der Waals surface area contributed by atoms with Gasteiger partial charge >= 0.3 is 11.9 Å². The van der Waals surface area contributed by atoms with Crippen LogP contribution in [0, 0.1) is 62.6 Å². The first kappa shape index (κ1) is 28.1. The molecule has 5 heteroatoms. The SMILES string of the molecule is COC(=O)[C@]12CC[C@H](C)[C@H](C)[C@@H]1[C@@H]1C(=O)C[C@@H]3[C@]4(C)CC[C@H](OC(C)=O)C(C)(C)[C@@H]4CC[C@]3(C)[C@]1(C)CC2. The fourth-order valence-electron chi connectivity index (χ4n) is 11.9. The molecule has 5 aliphatic rings. The Morgan fingerprint density at radius 3 is 2.16 bits per heavy atom. The molecule has 0 saturated heterocycles. The van der Waals surface area contributed by atoms with Crippen molar-refractivity contribution in [3.63, 3.8) is 0 Å². The monoisotopic (exact) mass is 528 g/mol. The highest BCUT2D eigenvalue weighted by atomic mass is 16.5. The number of hydrogen-bond donors (Lipinski definition) is 0. The first-order valence-electron chi connectivity index (χ1n) is 15.4. The van der Waals surface area contributed by atoms with Crippen molar-refractivity contribution < 1.29 is 23.9 Å². The van der Waals surface area contributed by atoms with E-state index in [2.05, 4.69) is 48.5 Å². The lowest BCUT2D eigenvalue weighted by molar-refractivity contribution is -0.250.